The molecule has 0 unspecified atom stereocenters. The largest absolute Gasteiger partial charge is 0.352 e. The van der Waals surface area contributed by atoms with E-state index in [-0.39, 0.29) is 5.91 Å². The number of amides is 1. The Morgan fingerprint density at radius 2 is 1.89 bits per heavy atom. The number of piperidine rings is 1. The fourth-order valence-corrected chi connectivity index (χ4v) is 3.28. The fourth-order valence-electron chi connectivity index (χ4n) is 3.28. The van der Waals surface area contributed by atoms with E-state index in [0.29, 0.717) is 12.6 Å². The molecule has 1 aliphatic carbocycles. The topological polar surface area (TPSA) is 44.4 Å². The van der Waals surface area contributed by atoms with Gasteiger partial charge >= 0.3 is 0 Å². The first-order valence-corrected chi connectivity index (χ1v) is 8.00. The molecule has 19 heavy (non-hydrogen) atoms. The number of nitrogens with one attached hydrogen (secondary N) is 2. The summed E-state index contributed by atoms with van der Waals surface area (Å²) in [5, 5.41) is 6.59. The van der Waals surface area contributed by atoms with Crippen LogP contribution in [0.2, 0.25) is 0 Å². The summed E-state index contributed by atoms with van der Waals surface area (Å²) >= 11 is 0. The van der Waals surface area contributed by atoms with Gasteiger partial charge in [0.1, 0.15) is 0 Å². The SMILES string of the molecule is CCN(CC(=O)NC1CCCC1)CC1CCNCC1. The molecule has 0 aromatic rings. The lowest BCUT2D eigenvalue weighted by atomic mass is 9.97. The van der Waals surface area contributed by atoms with Gasteiger partial charge in [0.15, 0.2) is 0 Å². The first-order valence-electron chi connectivity index (χ1n) is 8.00. The van der Waals surface area contributed by atoms with Crippen LogP contribution in [0.25, 0.3) is 0 Å². The second kappa shape index (κ2) is 7.85. The molecule has 0 radical (unpaired) electrons. The van der Waals surface area contributed by atoms with Crippen molar-refractivity contribution in [3.05, 3.63) is 0 Å². The molecule has 0 spiro atoms. The zero-order valence-electron chi connectivity index (χ0n) is 12.3. The van der Waals surface area contributed by atoms with Crippen LogP contribution < -0.4 is 10.6 Å². The van der Waals surface area contributed by atoms with Crippen molar-refractivity contribution in [1.82, 2.24) is 15.5 Å². The van der Waals surface area contributed by atoms with Crippen molar-refractivity contribution in [2.24, 2.45) is 5.92 Å². The molecule has 0 bridgehead atoms. The first-order chi connectivity index (χ1) is 9.28. The van der Waals surface area contributed by atoms with Crippen molar-refractivity contribution in [3.8, 4) is 0 Å². The van der Waals surface area contributed by atoms with E-state index in [1.54, 1.807) is 0 Å². The van der Waals surface area contributed by atoms with Crippen molar-refractivity contribution in [2.75, 3.05) is 32.7 Å². The third kappa shape index (κ3) is 5.11. The Kier molecular flexibility index (Phi) is 6.11. The molecule has 1 saturated carbocycles. The Hall–Kier alpha value is -0.610. The maximum atomic E-state index is 12.0. The zero-order valence-corrected chi connectivity index (χ0v) is 12.3. The molecule has 0 aromatic heterocycles. The number of hydrogen-bond acceptors (Lipinski definition) is 3. The van der Waals surface area contributed by atoms with Crippen molar-refractivity contribution >= 4 is 5.91 Å². The van der Waals surface area contributed by atoms with Gasteiger partial charge in [0.25, 0.3) is 0 Å². The van der Waals surface area contributed by atoms with Crippen LogP contribution in [-0.4, -0.2) is 49.6 Å². The minimum Gasteiger partial charge on any atom is -0.352 e. The molecular formula is C15H29N3O. The normalized spacial score (nSPS) is 22.0. The molecule has 0 aromatic carbocycles. The Morgan fingerprint density at radius 3 is 2.53 bits per heavy atom. The summed E-state index contributed by atoms with van der Waals surface area (Å²) in [5.41, 5.74) is 0. The Labute approximate surface area is 117 Å². The molecule has 110 valence electrons. The van der Waals surface area contributed by atoms with E-state index in [1.165, 1.54) is 38.5 Å². The van der Waals surface area contributed by atoms with Crippen molar-refractivity contribution < 1.29 is 4.79 Å². The molecular weight excluding hydrogens is 238 g/mol. The summed E-state index contributed by atoms with van der Waals surface area (Å²) in [6, 6.07) is 0.449. The monoisotopic (exact) mass is 267 g/mol. The van der Waals surface area contributed by atoms with Crippen molar-refractivity contribution in [1.29, 1.82) is 0 Å². The van der Waals surface area contributed by atoms with Gasteiger partial charge in [0.2, 0.25) is 5.91 Å². The lowest BCUT2D eigenvalue weighted by molar-refractivity contribution is -0.123. The molecule has 2 rings (SSSR count). The quantitative estimate of drug-likeness (QED) is 0.764. The smallest absolute Gasteiger partial charge is 0.234 e. The zero-order chi connectivity index (χ0) is 13.5. The Bertz CT molecular complexity index is 271. The number of hydrogen-bond donors (Lipinski definition) is 2. The average Bonchev–Trinajstić information content (AvgIpc) is 2.92. The molecule has 1 saturated heterocycles. The number of nitrogens with zero attached hydrogens (tertiary/aromatic N) is 1. The van der Waals surface area contributed by atoms with Gasteiger partial charge in [-0.15, -0.1) is 0 Å². The molecule has 1 aliphatic heterocycles. The third-order valence-electron chi connectivity index (χ3n) is 4.51. The van der Waals surface area contributed by atoms with Crippen LogP contribution in [0.5, 0.6) is 0 Å². The predicted octanol–water partition coefficient (Wildman–Crippen LogP) is 1.37. The molecule has 1 heterocycles. The maximum Gasteiger partial charge on any atom is 0.234 e. The second-order valence-electron chi connectivity index (χ2n) is 6.07. The van der Waals surface area contributed by atoms with E-state index in [1.807, 2.05) is 0 Å². The van der Waals surface area contributed by atoms with Crippen LogP contribution in [0.15, 0.2) is 0 Å². The second-order valence-corrected chi connectivity index (χ2v) is 6.07. The van der Waals surface area contributed by atoms with E-state index in [0.717, 1.165) is 32.1 Å². The van der Waals surface area contributed by atoms with Gasteiger partial charge in [-0.1, -0.05) is 19.8 Å². The third-order valence-corrected chi connectivity index (χ3v) is 4.51. The molecule has 4 nitrogen and oxygen atoms in total. The summed E-state index contributed by atoms with van der Waals surface area (Å²) in [6.07, 6.45) is 7.40. The van der Waals surface area contributed by atoms with Gasteiger partial charge in [-0.2, -0.15) is 0 Å². The summed E-state index contributed by atoms with van der Waals surface area (Å²) in [5.74, 6) is 0.989. The molecule has 2 N–H and O–H groups in total. The molecule has 2 fully saturated rings. The predicted molar refractivity (Wildman–Crippen MR) is 78.1 cm³/mol. The van der Waals surface area contributed by atoms with Gasteiger partial charge < -0.3 is 10.6 Å². The standard InChI is InChI=1S/C15H29N3O/c1-2-18(11-13-7-9-16-10-8-13)12-15(19)17-14-5-3-4-6-14/h13-14,16H,2-12H2,1H3,(H,17,19). The van der Waals surface area contributed by atoms with Gasteiger partial charge in [-0.25, -0.2) is 0 Å². The molecule has 0 atom stereocenters. The van der Waals surface area contributed by atoms with Crippen molar-refractivity contribution in [2.45, 2.75) is 51.5 Å². The fraction of sp³-hybridized carbons (Fsp3) is 0.933. The summed E-state index contributed by atoms with van der Waals surface area (Å²) in [4.78, 5) is 14.4. The lowest BCUT2D eigenvalue weighted by Crippen LogP contribution is -2.43. The number of likely N-dealkylation sites (N-methyl/N-ethyl adjacent to an activating group) is 1. The van der Waals surface area contributed by atoms with Crippen LogP contribution >= 0.6 is 0 Å². The van der Waals surface area contributed by atoms with Gasteiger partial charge in [0, 0.05) is 12.6 Å². The van der Waals surface area contributed by atoms with E-state index < -0.39 is 0 Å². The minimum absolute atomic E-state index is 0.225. The highest BCUT2D eigenvalue weighted by atomic mass is 16.2. The molecule has 1 amide bonds. The van der Waals surface area contributed by atoms with Crippen LogP contribution in [0, 0.1) is 5.92 Å². The van der Waals surface area contributed by atoms with Crippen LogP contribution in [0.3, 0.4) is 0 Å². The maximum absolute atomic E-state index is 12.0. The van der Waals surface area contributed by atoms with E-state index in [2.05, 4.69) is 22.5 Å². The highest BCUT2D eigenvalue weighted by Crippen LogP contribution is 2.17. The van der Waals surface area contributed by atoms with Gasteiger partial charge in [-0.05, 0) is 51.2 Å². The average molecular weight is 267 g/mol. The Morgan fingerprint density at radius 1 is 1.21 bits per heavy atom. The minimum atomic E-state index is 0.225. The molecule has 2 aliphatic rings. The Balaban J connectivity index is 1.69. The summed E-state index contributed by atoms with van der Waals surface area (Å²) in [7, 11) is 0. The van der Waals surface area contributed by atoms with E-state index in [9.17, 15) is 4.79 Å². The summed E-state index contributed by atoms with van der Waals surface area (Å²) in [6.45, 7) is 7.06. The number of carbonyl (C=O) groups excluding carboxylic acids is 1. The highest BCUT2D eigenvalue weighted by molar-refractivity contribution is 5.78. The lowest BCUT2D eigenvalue weighted by Gasteiger charge is -2.29. The highest BCUT2D eigenvalue weighted by Gasteiger charge is 2.20. The van der Waals surface area contributed by atoms with Gasteiger partial charge in [-0.3, -0.25) is 9.69 Å². The molecule has 4 heteroatoms. The van der Waals surface area contributed by atoms with E-state index >= 15 is 0 Å². The van der Waals surface area contributed by atoms with Crippen LogP contribution in [0.4, 0.5) is 0 Å². The van der Waals surface area contributed by atoms with Crippen LogP contribution in [-0.2, 0) is 4.79 Å². The number of rotatable bonds is 6. The summed E-state index contributed by atoms with van der Waals surface area (Å²) < 4.78 is 0. The van der Waals surface area contributed by atoms with Gasteiger partial charge in [0.05, 0.1) is 6.54 Å². The van der Waals surface area contributed by atoms with E-state index in [4.69, 9.17) is 0 Å². The first kappa shape index (κ1) is 14.8. The van der Waals surface area contributed by atoms with Crippen molar-refractivity contribution in [3.63, 3.8) is 0 Å². The van der Waals surface area contributed by atoms with Crippen LogP contribution in [0.1, 0.15) is 45.4 Å². The number of carbonyl (C=O) groups is 1.